The maximum Gasteiger partial charge on any atom is 0.308 e. The molecular formula is C17H18N4O3. The van der Waals surface area contributed by atoms with Crippen LogP contribution in [0.25, 0.3) is 5.65 Å². The van der Waals surface area contributed by atoms with E-state index in [2.05, 4.69) is 10.1 Å². The second-order valence-electron chi connectivity index (χ2n) is 5.58. The lowest BCUT2D eigenvalue weighted by Gasteiger charge is -2.07. The first-order valence-electron chi connectivity index (χ1n) is 7.67. The van der Waals surface area contributed by atoms with Crippen molar-refractivity contribution in [2.75, 3.05) is 0 Å². The Morgan fingerprint density at radius 3 is 2.83 bits per heavy atom. The van der Waals surface area contributed by atoms with Gasteiger partial charge in [0.15, 0.2) is 0 Å². The Balaban J connectivity index is 1.60. The summed E-state index contributed by atoms with van der Waals surface area (Å²) in [4.78, 5) is 28.2. The SMILES string of the molecule is Cc1cc(C)n(CCC(=O)OCc2cc(=O)n3ccccc3n2)n1. The van der Waals surface area contributed by atoms with Gasteiger partial charge in [-0.05, 0) is 32.0 Å². The van der Waals surface area contributed by atoms with Gasteiger partial charge >= 0.3 is 5.97 Å². The summed E-state index contributed by atoms with van der Waals surface area (Å²) in [6.07, 6.45) is 1.86. The lowest BCUT2D eigenvalue weighted by atomic mass is 10.3. The third-order valence-corrected chi connectivity index (χ3v) is 3.64. The molecule has 0 amide bonds. The van der Waals surface area contributed by atoms with Crippen LogP contribution in [-0.2, 0) is 22.7 Å². The van der Waals surface area contributed by atoms with Crippen molar-refractivity contribution in [2.45, 2.75) is 33.4 Å². The summed E-state index contributed by atoms with van der Waals surface area (Å²) in [7, 11) is 0. The summed E-state index contributed by atoms with van der Waals surface area (Å²) in [5.41, 5.74) is 2.69. The number of pyridine rings is 1. The average Bonchev–Trinajstić information content (AvgIpc) is 2.88. The highest BCUT2D eigenvalue weighted by Gasteiger charge is 2.08. The van der Waals surface area contributed by atoms with Crippen molar-refractivity contribution < 1.29 is 9.53 Å². The predicted molar refractivity (Wildman–Crippen MR) is 87.6 cm³/mol. The van der Waals surface area contributed by atoms with Crippen LogP contribution in [0.5, 0.6) is 0 Å². The lowest BCUT2D eigenvalue weighted by Crippen LogP contribution is -2.17. The van der Waals surface area contributed by atoms with Gasteiger partial charge in [-0.1, -0.05) is 6.07 Å². The minimum Gasteiger partial charge on any atom is -0.459 e. The number of rotatable bonds is 5. The Labute approximate surface area is 138 Å². The van der Waals surface area contributed by atoms with Gasteiger partial charge in [-0.15, -0.1) is 0 Å². The second-order valence-corrected chi connectivity index (χ2v) is 5.58. The first-order valence-corrected chi connectivity index (χ1v) is 7.67. The van der Waals surface area contributed by atoms with Gasteiger partial charge in [-0.25, -0.2) is 4.98 Å². The first kappa shape index (κ1) is 15.9. The zero-order valence-corrected chi connectivity index (χ0v) is 13.6. The molecule has 0 fully saturated rings. The number of hydrogen-bond donors (Lipinski definition) is 0. The molecule has 3 aromatic rings. The molecule has 0 bridgehead atoms. The fourth-order valence-corrected chi connectivity index (χ4v) is 2.50. The number of carbonyl (C=O) groups excluding carboxylic acids is 1. The van der Waals surface area contributed by atoms with Gasteiger partial charge in [0.1, 0.15) is 12.3 Å². The van der Waals surface area contributed by atoms with Crippen LogP contribution in [0.2, 0.25) is 0 Å². The van der Waals surface area contributed by atoms with Crippen molar-refractivity contribution in [1.29, 1.82) is 0 Å². The fraction of sp³-hybridized carbons (Fsp3) is 0.294. The summed E-state index contributed by atoms with van der Waals surface area (Å²) < 4.78 is 8.42. The van der Waals surface area contributed by atoms with Gasteiger partial charge in [0.05, 0.1) is 24.4 Å². The Morgan fingerprint density at radius 2 is 2.08 bits per heavy atom. The number of fused-ring (bicyclic) bond motifs is 1. The van der Waals surface area contributed by atoms with Gasteiger partial charge in [-0.2, -0.15) is 5.10 Å². The molecule has 0 aromatic carbocycles. The van der Waals surface area contributed by atoms with Crippen molar-refractivity contribution >= 4 is 11.6 Å². The molecule has 0 aliphatic carbocycles. The van der Waals surface area contributed by atoms with Gasteiger partial charge < -0.3 is 4.74 Å². The number of aromatic nitrogens is 4. The van der Waals surface area contributed by atoms with Crippen LogP contribution >= 0.6 is 0 Å². The third-order valence-electron chi connectivity index (χ3n) is 3.64. The normalized spacial score (nSPS) is 10.9. The lowest BCUT2D eigenvalue weighted by molar-refractivity contribution is -0.145. The van der Waals surface area contributed by atoms with Gasteiger partial charge in [0.2, 0.25) is 0 Å². The summed E-state index contributed by atoms with van der Waals surface area (Å²) >= 11 is 0. The predicted octanol–water partition coefficient (Wildman–Crippen LogP) is 1.64. The van der Waals surface area contributed by atoms with Crippen molar-refractivity contribution in [3.05, 3.63) is 64.0 Å². The topological polar surface area (TPSA) is 78.5 Å². The van der Waals surface area contributed by atoms with Crippen LogP contribution in [0.1, 0.15) is 23.5 Å². The molecule has 3 rings (SSSR count). The monoisotopic (exact) mass is 326 g/mol. The molecule has 7 heteroatoms. The Bertz CT molecular complexity index is 942. The molecule has 0 spiro atoms. The highest BCUT2D eigenvalue weighted by Crippen LogP contribution is 2.05. The van der Waals surface area contributed by atoms with E-state index in [1.54, 1.807) is 29.1 Å². The molecule has 0 saturated carbocycles. The van der Waals surface area contributed by atoms with Gasteiger partial charge in [0.25, 0.3) is 5.56 Å². The van der Waals surface area contributed by atoms with E-state index in [1.807, 2.05) is 19.9 Å². The Morgan fingerprint density at radius 1 is 1.25 bits per heavy atom. The summed E-state index contributed by atoms with van der Waals surface area (Å²) in [6, 6.07) is 8.62. The molecule has 0 aliphatic rings. The van der Waals surface area contributed by atoms with Crippen molar-refractivity contribution in [2.24, 2.45) is 0 Å². The highest BCUT2D eigenvalue weighted by atomic mass is 16.5. The van der Waals surface area contributed by atoms with E-state index in [9.17, 15) is 9.59 Å². The molecule has 3 aromatic heterocycles. The highest BCUT2D eigenvalue weighted by molar-refractivity contribution is 5.69. The molecule has 0 aliphatic heterocycles. The van der Waals surface area contributed by atoms with Crippen LogP contribution < -0.4 is 5.56 Å². The molecule has 0 unspecified atom stereocenters. The fourth-order valence-electron chi connectivity index (χ4n) is 2.50. The van der Waals surface area contributed by atoms with Crippen LogP contribution in [0.4, 0.5) is 0 Å². The van der Waals surface area contributed by atoms with E-state index < -0.39 is 0 Å². The third kappa shape index (κ3) is 3.51. The quantitative estimate of drug-likeness (QED) is 0.666. The largest absolute Gasteiger partial charge is 0.459 e. The molecule has 0 atom stereocenters. The number of aryl methyl sites for hydroxylation is 3. The molecule has 24 heavy (non-hydrogen) atoms. The van der Waals surface area contributed by atoms with E-state index in [-0.39, 0.29) is 24.6 Å². The van der Waals surface area contributed by atoms with E-state index in [1.165, 1.54) is 10.5 Å². The molecule has 7 nitrogen and oxygen atoms in total. The van der Waals surface area contributed by atoms with Crippen molar-refractivity contribution in [3.8, 4) is 0 Å². The van der Waals surface area contributed by atoms with E-state index >= 15 is 0 Å². The minimum absolute atomic E-state index is 0.0173. The molecule has 0 N–H and O–H groups in total. The Hall–Kier alpha value is -2.96. The Kier molecular flexibility index (Phi) is 4.41. The van der Waals surface area contributed by atoms with E-state index in [0.29, 0.717) is 17.9 Å². The zero-order valence-electron chi connectivity index (χ0n) is 13.6. The number of hydrogen-bond acceptors (Lipinski definition) is 5. The van der Waals surface area contributed by atoms with E-state index in [0.717, 1.165) is 11.4 Å². The van der Waals surface area contributed by atoms with Crippen LogP contribution in [0.15, 0.2) is 41.3 Å². The maximum atomic E-state index is 12.0. The molecule has 3 heterocycles. The summed E-state index contributed by atoms with van der Waals surface area (Å²) in [6.45, 7) is 4.30. The van der Waals surface area contributed by atoms with Crippen molar-refractivity contribution in [3.63, 3.8) is 0 Å². The first-order chi connectivity index (χ1) is 11.5. The van der Waals surface area contributed by atoms with Crippen LogP contribution in [0.3, 0.4) is 0 Å². The number of esters is 1. The summed E-state index contributed by atoms with van der Waals surface area (Å²) in [5.74, 6) is -0.349. The maximum absolute atomic E-state index is 12.0. The average molecular weight is 326 g/mol. The number of carbonyl (C=O) groups is 1. The van der Waals surface area contributed by atoms with Gasteiger partial charge in [0, 0.05) is 18.0 Å². The molecular weight excluding hydrogens is 308 g/mol. The van der Waals surface area contributed by atoms with E-state index in [4.69, 9.17) is 4.74 Å². The van der Waals surface area contributed by atoms with Crippen molar-refractivity contribution in [1.82, 2.24) is 19.2 Å². The van der Waals surface area contributed by atoms with Crippen LogP contribution in [-0.4, -0.2) is 25.1 Å². The second kappa shape index (κ2) is 6.66. The number of ether oxygens (including phenoxy) is 1. The molecule has 0 saturated heterocycles. The van der Waals surface area contributed by atoms with Gasteiger partial charge in [-0.3, -0.25) is 18.7 Å². The number of nitrogens with zero attached hydrogens (tertiary/aromatic N) is 4. The van der Waals surface area contributed by atoms with Crippen LogP contribution in [0, 0.1) is 13.8 Å². The standard InChI is InChI=1S/C17H18N4O3/c1-12-9-13(2)21(19-12)8-6-17(23)24-11-14-10-16(22)20-7-4-3-5-15(20)18-14/h3-5,7,9-10H,6,8,11H2,1-2H3. The zero-order chi connectivity index (χ0) is 17.1. The molecule has 0 radical (unpaired) electrons. The molecule has 124 valence electrons. The summed E-state index contributed by atoms with van der Waals surface area (Å²) in [5, 5.41) is 4.30. The smallest absolute Gasteiger partial charge is 0.308 e. The minimum atomic E-state index is -0.349.